The van der Waals surface area contributed by atoms with E-state index in [1.54, 1.807) is 24.5 Å². The smallest absolute Gasteiger partial charge is 0.410 e. The largest absolute Gasteiger partial charge is 0.573 e. The number of hydrogen-bond acceptors (Lipinski definition) is 5. The molecule has 2 heterocycles. The average molecular weight is 415 g/mol. The number of aromatic nitrogens is 2. The third-order valence-electron chi connectivity index (χ3n) is 4.47. The molecule has 0 unspecified atom stereocenters. The van der Waals surface area contributed by atoms with Crippen molar-refractivity contribution in [3.63, 3.8) is 0 Å². The van der Waals surface area contributed by atoms with E-state index in [9.17, 15) is 18.0 Å². The van der Waals surface area contributed by atoms with Gasteiger partial charge in [0.25, 0.3) is 0 Å². The lowest BCUT2D eigenvalue weighted by Gasteiger charge is -2.27. The molecule has 0 fully saturated rings. The van der Waals surface area contributed by atoms with Crippen LogP contribution in [-0.2, 0) is 13.1 Å². The van der Waals surface area contributed by atoms with Crippen molar-refractivity contribution in [3.05, 3.63) is 71.8 Å². The Labute approximate surface area is 169 Å². The fraction of sp³-hybridized carbons (Fsp3) is 0.190. The van der Waals surface area contributed by atoms with Crippen molar-refractivity contribution in [2.45, 2.75) is 26.4 Å². The van der Waals surface area contributed by atoms with Gasteiger partial charge in [-0.1, -0.05) is 18.2 Å². The van der Waals surface area contributed by atoms with E-state index in [-0.39, 0.29) is 12.3 Å². The predicted octanol–water partition coefficient (Wildman–Crippen LogP) is 4.87. The average Bonchev–Trinajstić information content (AvgIpc) is 2.69. The van der Waals surface area contributed by atoms with E-state index in [4.69, 9.17) is 4.74 Å². The molecule has 30 heavy (non-hydrogen) atoms. The quantitative estimate of drug-likeness (QED) is 0.609. The van der Waals surface area contributed by atoms with E-state index in [1.807, 2.05) is 13.0 Å². The Kier molecular flexibility index (Phi) is 5.03. The summed E-state index contributed by atoms with van der Waals surface area (Å²) in [7, 11) is 0. The highest BCUT2D eigenvalue weighted by molar-refractivity contribution is 5.75. The second-order valence-electron chi connectivity index (χ2n) is 6.80. The number of alkyl halides is 3. The maximum Gasteiger partial charge on any atom is 0.573 e. The van der Waals surface area contributed by atoms with Crippen molar-refractivity contribution in [2.75, 3.05) is 0 Å². The van der Waals surface area contributed by atoms with Gasteiger partial charge in [0.2, 0.25) is 0 Å². The molecular formula is C21H16F3N3O3. The minimum atomic E-state index is -4.73. The highest BCUT2D eigenvalue weighted by atomic mass is 19.4. The molecule has 1 aliphatic rings. The van der Waals surface area contributed by atoms with Crippen LogP contribution in [0.3, 0.4) is 0 Å². The Morgan fingerprint density at radius 3 is 2.40 bits per heavy atom. The van der Waals surface area contributed by atoms with Crippen molar-refractivity contribution in [1.29, 1.82) is 0 Å². The van der Waals surface area contributed by atoms with Gasteiger partial charge in [0.1, 0.15) is 17.3 Å². The minimum absolute atomic E-state index is 0.201. The summed E-state index contributed by atoms with van der Waals surface area (Å²) in [6.07, 6.45) is -1.87. The molecule has 0 N–H and O–H groups in total. The number of aryl methyl sites for hydroxylation is 1. The van der Waals surface area contributed by atoms with Crippen LogP contribution in [0.4, 0.5) is 18.0 Å². The molecule has 2 aromatic carbocycles. The van der Waals surface area contributed by atoms with Crippen LogP contribution in [0.2, 0.25) is 0 Å². The van der Waals surface area contributed by atoms with Crippen molar-refractivity contribution < 1.29 is 27.4 Å². The fourth-order valence-electron chi connectivity index (χ4n) is 3.05. The van der Waals surface area contributed by atoms with Crippen molar-refractivity contribution in [3.8, 4) is 22.6 Å². The van der Waals surface area contributed by atoms with Gasteiger partial charge in [0.05, 0.1) is 13.1 Å². The van der Waals surface area contributed by atoms with Crippen LogP contribution in [-0.4, -0.2) is 27.3 Å². The molecule has 0 saturated carbocycles. The third kappa shape index (κ3) is 4.51. The predicted molar refractivity (Wildman–Crippen MR) is 101 cm³/mol. The van der Waals surface area contributed by atoms with Gasteiger partial charge in [-0.15, -0.1) is 13.2 Å². The topological polar surface area (TPSA) is 64.6 Å². The minimum Gasteiger partial charge on any atom is -0.410 e. The highest BCUT2D eigenvalue weighted by Crippen LogP contribution is 2.32. The first-order valence-electron chi connectivity index (χ1n) is 9.00. The van der Waals surface area contributed by atoms with E-state index >= 15 is 0 Å². The molecule has 0 radical (unpaired) electrons. The number of ether oxygens (including phenoxy) is 2. The summed E-state index contributed by atoms with van der Waals surface area (Å²) < 4.78 is 46.2. The number of halogens is 3. The van der Waals surface area contributed by atoms with Gasteiger partial charge >= 0.3 is 12.5 Å². The Balaban J connectivity index is 1.53. The molecule has 0 spiro atoms. The Hall–Kier alpha value is -3.62. The number of carbonyl (C=O) groups excluding carboxylic acids is 1. The van der Waals surface area contributed by atoms with Gasteiger partial charge in [-0.2, -0.15) is 0 Å². The first-order chi connectivity index (χ1) is 14.3. The monoisotopic (exact) mass is 415 g/mol. The molecule has 6 nitrogen and oxygen atoms in total. The zero-order valence-corrected chi connectivity index (χ0v) is 15.8. The van der Waals surface area contributed by atoms with E-state index < -0.39 is 12.5 Å². The summed E-state index contributed by atoms with van der Waals surface area (Å²) in [4.78, 5) is 22.2. The highest BCUT2D eigenvalue weighted by Gasteiger charge is 2.31. The van der Waals surface area contributed by atoms with Gasteiger partial charge in [-0.25, -0.2) is 14.8 Å². The standard InChI is InChI=1S/C21H16F3N3O3/c1-13-9-25-19(26-10-13)12-27-11-16-8-15(4-7-18(16)29-20(27)28)14-2-5-17(6-3-14)30-21(22,23)24/h2-10H,11-12H2,1H3. The van der Waals surface area contributed by atoms with Crippen molar-refractivity contribution in [1.82, 2.24) is 14.9 Å². The molecule has 0 aliphatic carbocycles. The van der Waals surface area contributed by atoms with E-state index in [2.05, 4.69) is 14.7 Å². The molecule has 4 rings (SSSR count). The normalized spacial score (nSPS) is 13.6. The van der Waals surface area contributed by atoms with Gasteiger partial charge in [-0.05, 0) is 47.9 Å². The summed E-state index contributed by atoms with van der Waals surface area (Å²) in [5.41, 5.74) is 3.17. The van der Waals surface area contributed by atoms with Gasteiger partial charge in [0.15, 0.2) is 0 Å². The van der Waals surface area contributed by atoms with E-state index in [0.29, 0.717) is 23.7 Å². The molecule has 9 heteroatoms. The Morgan fingerprint density at radius 2 is 1.73 bits per heavy atom. The summed E-state index contributed by atoms with van der Waals surface area (Å²) in [6.45, 7) is 2.37. The Morgan fingerprint density at radius 1 is 1.07 bits per heavy atom. The number of benzene rings is 2. The van der Waals surface area contributed by atoms with Crippen molar-refractivity contribution in [2.24, 2.45) is 0 Å². The van der Waals surface area contributed by atoms with Crippen LogP contribution in [0.5, 0.6) is 11.5 Å². The van der Waals surface area contributed by atoms with Crippen LogP contribution in [0, 0.1) is 6.92 Å². The van der Waals surface area contributed by atoms with Crippen LogP contribution < -0.4 is 9.47 Å². The second kappa shape index (κ2) is 7.66. The number of rotatable bonds is 4. The van der Waals surface area contributed by atoms with Crippen LogP contribution in [0.1, 0.15) is 17.0 Å². The molecule has 3 aromatic rings. The summed E-state index contributed by atoms with van der Waals surface area (Å²) >= 11 is 0. The summed E-state index contributed by atoms with van der Waals surface area (Å²) in [5.74, 6) is 0.654. The van der Waals surface area contributed by atoms with E-state index in [1.165, 1.54) is 29.2 Å². The van der Waals surface area contributed by atoms with Crippen LogP contribution in [0.25, 0.3) is 11.1 Å². The molecular weight excluding hydrogens is 399 g/mol. The first-order valence-corrected chi connectivity index (χ1v) is 9.00. The van der Waals surface area contributed by atoms with Crippen molar-refractivity contribution >= 4 is 6.09 Å². The molecule has 0 atom stereocenters. The Bertz CT molecular complexity index is 1070. The SMILES string of the molecule is Cc1cnc(CN2Cc3cc(-c4ccc(OC(F)(F)F)cc4)ccc3OC2=O)nc1. The summed E-state index contributed by atoms with van der Waals surface area (Å²) in [6, 6.07) is 10.8. The lowest BCUT2D eigenvalue weighted by molar-refractivity contribution is -0.274. The van der Waals surface area contributed by atoms with Gasteiger partial charge < -0.3 is 9.47 Å². The molecule has 1 aliphatic heterocycles. The van der Waals surface area contributed by atoms with E-state index in [0.717, 1.165) is 16.7 Å². The van der Waals surface area contributed by atoms with Gasteiger partial charge in [0, 0.05) is 18.0 Å². The molecule has 154 valence electrons. The van der Waals surface area contributed by atoms with Crippen LogP contribution >= 0.6 is 0 Å². The first kappa shape index (κ1) is 19.7. The number of hydrogen-bond donors (Lipinski definition) is 0. The zero-order chi connectivity index (χ0) is 21.3. The molecule has 1 aromatic heterocycles. The molecule has 1 amide bonds. The number of amides is 1. The maximum absolute atomic E-state index is 12.3. The lowest BCUT2D eigenvalue weighted by Crippen LogP contribution is -2.36. The maximum atomic E-state index is 12.3. The molecule has 0 bridgehead atoms. The zero-order valence-electron chi connectivity index (χ0n) is 15.8. The van der Waals surface area contributed by atoms with Gasteiger partial charge in [-0.3, -0.25) is 4.90 Å². The fourth-order valence-corrected chi connectivity index (χ4v) is 3.05. The number of carbonyl (C=O) groups is 1. The number of fused-ring (bicyclic) bond motifs is 1. The van der Waals surface area contributed by atoms with Crippen LogP contribution in [0.15, 0.2) is 54.9 Å². The third-order valence-corrected chi connectivity index (χ3v) is 4.47. The second-order valence-corrected chi connectivity index (χ2v) is 6.80. The number of nitrogens with zero attached hydrogens (tertiary/aromatic N) is 3. The molecule has 0 saturated heterocycles. The lowest BCUT2D eigenvalue weighted by atomic mass is 10.0. The summed E-state index contributed by atoms with van der Waals surface area (Å²) in [5, 5.41) is 0.